The Hall–Kier alpha value is -1.49. The minimum Gasteiger partial charge on any atom is -0.357 e. The van der Waals surface area contributed by atoms with Crippen LogP contribution in [0.3, 0.4) is 0 Å². The van der Waals surface area contributed by atoms with Crippen LogP contribution in [0.15, 0.2) is 21.3 Å². The van der Waals surface area contributed by atoms with E-state index in [4.69, 9.17) is 5.14 Å². The average molecular weight is 402 g/mol. The zero-order valence-corrected chi connectivity index (χ0v) is 16.9. The van der Waals surface area contributed by atoms with Crippen molar-refractivity contribution in [3.05, 3.63) is 32.6 Å². The van der Waals surface area contributed by atoms with Gasteiger partial charge in [0.05, 0.1) is 17.2 Å². The van der Waals surface area contributed by atoms with Gasteiger partial charge in [-0.2, -0.15) is 0 Å². The van der Waals surface area contributed by atoms with Crippen LogP contribution < -0.4 is 15.8 Å². The van der Waals surface area contributed by atoms with Gasteiger partial charge < -0.3 is 10.6 Å². The molecular formula is C15H23N5O2S3. The van der Waals surface area contributed by atoms with E-state index in [0.29, 0.717) is 12.5 Å². The summed E-state index contributed by atoms with van der Waals surface area (Å²) in [4.78, 5) is 11.1. The highest BCUT2D eigenvalue weighted by Gasteiger charge is 2.11. The van der Waals surface area contributed by atoms with Crippen molar-refractivity contribution in [1.82, 2.24) is 15.6 Å². The number of sulfonamides is 1. The molecule has 0 aliphatic heterocycles. The van der Waals surface area contributed by atoms with E-state index in [1.807, 2.05) is 13.8 Å². The Morgan fingerprint density at radius 3 is 2.60 bits per heavy atom. The monoisotopic (exact) mass is 401 g/mol. The van der Waals surface area contributed by atoms with Gasteiger partial charge in [0.25, 0.3) is 0 Å². The van der Waals surface area contributed by atoms with Crippen molar-refractivity contribution in [2.45, 2.75) is 37.9 Å². The summed E-state index contributed by atoms with van der Waals surface area (Å²) in [5.74, 6) is 0.693. The smallest absolute Gasteiger partial charge is 0.247 e. The molecule has 7 nitrogen and oxygen atoms in total. The standard InChI is InChI=1S/C15H23N5O2S3/c1-4-17-15(18-8-7-13-20-10(2)11(3)23-13)19-9-12-5-6-14(24-12)25(16,21)22/h5-6H,4,7-9H2,1-3H3,(H2,16,21,22)(H2,17,18,19). The lowest BCUT2D eigenvalue weighted by molar-refractivity contribution is 0.600. The fourth-order valence-electron chi connectivity index (χ4n) is 2.03. The van der Waals surface area contributed by atoms with E-state index < -0.39 is 10.0 Å². The van der Waals surface area contributed by atoms with Gasteiger partial charge in [0, 0.05) is 29.3 Å². The molecule has 2 rings (SSSR count). The molecule has 0 amide bonds. The molecule has 0 radical (unpaired) electrons. The SMILES string of the molecule is CCNC(=NCc1ccc(S(N)(=O)=O)s1)NCCc1nc(C)c(C)s1. The zero-order chi connectivity index (χ0) is 18.4. The largest absolute Gasteiger partial charge is 0.357 e. The molecule has 2 heterocycles. The Kier molecular flexibility index (Phi) is 6.94. The van der Waals surface area contributed by atoms with Gasteiger partial charge in [0.15, 0.2) is 5.96 Å². The van der Waals surface area contributed by atoms with E-state index in [1.165, 1.54) is 10.9 Å². The molecule has 138 valence electrons. The first-order valence-electron chi connectivity index (χ1n) is 7.86. The highest BCUT2D eigenvalue weighted by molar-refractivity contribution is 7.91. The quantitative estimate of drug-likeness (QED) is 0.484. The van der Waals surface area contributed by atoms with Crippen LogP contribution in [-0.2, 0) is 23.0 Å². The summed E-state index contributed by atoms with van der Waals surface area (Å²) in [6.45, 7) is 7.95. The van der Waals surface area contributed by atoms with E-state index in [1.54, 1.807) is 17.4 Å². The minimum atomic E-state index is -3.64. The molecule has 2 aromatic heterocycles. The molecule has 10 heteroatoms. The second-order valence-electron chi connectivity index (χ2n) is 5.39. The predicted octanol–water partition coefficient (Wildman–Crippen LogP) is 1.77. The van der Waals surface area contributed by atoms with Crippen molar-refractivity contribution in [3.8, 4) is 0 Å². The third-order valence-corrected chi connectivity index (χ3v) is 7.00. The number of thiophene rings is 1. The molecule has 0 atom stereocenters. The average Bonchev–Trinajstić information content (AvgIpc) is 3.12. The van der Waals surface area contributed by atoms with Gasteiger partial charge in [0.2, 0.25) is 10.0 Å². The number of hydrogen-bond donors (Lipinski definition) is 3. The molecule has 4 N–H and O–H groups in total. The Morgan fingerprint density at radius 2 is 2.04 bits per heavy atom. The molecule has 0 fully saturated rings. The van der Waals surface area contributed by atoms with Gasteiger partial charge in [-0.15, -0.1) is 22.7 Å². The topological polar surface area (TPSA) is 109 Å². The normalized spacial score (nSPS) is 12.4. The maximum atomic E-state index is 11.3. The van der Waals surface area contributed by atoms with Crippen LogP contribution >= 0.6 is 22.7 Å². The maximum Gasteiger partial charge on any atom is 0.247 e. The van der Waals surface area contributed by atoms with Gasteiger partial charge in [-0.1, -0.05) is 0 Å². The number of aryl methyl sites for hydroxylation is 2. The number of thiazole rings is 1. The van der Waals surface area contributed by atoms with Crippen LogP contribution in [0.4, 0.5) is 0 Å². The van der Waals surface area contributed by atoms with Crippen molar-refractivity contribution < 1.29 is 8.42 Å². The van der Waals surface area contributed by atoms with E-state index in [2.05, 4.69) is 27.5 Å². The number of guanidine groups is 1. The summed E-state index contributed by atoms with van der Waals surface area (Å²) >= 11 is 2.86. The molecule has 0 aliphatic rings. The van der Waals surface area contributed by atoms with Crippen molar-refractivity contribution in [3.63, 3.8) is 0 Å². The van der Waals surface area contributed by atoms with Crippen molar-refractivity contribution >= 4 is 38.7 Å². The van der Waals surface area contributed by atoms with Gasteiger partial charge >= 0.3 is 0 Å². The summed E-state index contributed by atoms with van der Waals surface area (Å²) in [6, 6.07) is 3.25. The summed E-state index contributed by atoms with van der Waals surface area (Å²) in [6.07, 6.45) is 0.832. The number of nitrogens with one attached hydrogen (secondary N) is 2. The Morgan fingerprint density at radius 1 is 1.28 bits per heavy atom. The van der Waals surface area contributed by atoms with Gasteiger partial charge in [-0.05, 0) is 32.9 Å². The van der Waals surface area contributed by atoms with E-state index in [-0.39, 0.29) is 4.21 Å². The van der Waals surface area contributed by atoms with Crippen LogP contribution in [0.5, 0.6) is 0 Å². The molecule has 0 aromatic carbocycles. The maximum absolute atomic E-state index is 11.3. The van der Waals surface area contributed by atoms with Crippen molar-refractivity contribution in [2.75, 3.05) is 13.1 Å². The van der Waals surface area contributed by atoms with Crippen LogP contribution in [0.2, 0.25) is 0 Å². The lowest BCUT2D eigenvalue weighted by Crippen LogP contribution is -2.38. The molecule has 2 aromatic rings. The molecule has 0 unspecified atom stereocenters. The summed E-state index contributed by atoms with van der Waals surface area (Å²) in [7, 11) is -3.64. The van der Waals surface area contributed by atoms with Crippen LogP contribution in [0.25, 0.3) is 0 Å². The number of primary sulfonamides is 1. The van der Waals surface area contributed by atoms with Gasteiger partial charge in [0.1, 0.15) is 4.21 Å². The number of aliphatic imine (C=N–C) groups is 1. The molecular weight excluding hydrogens is 378 g/mol. The molecule has 0 saturated heterocycles. The van der Waals surface area contributed by atoms with E-state index in [9.17, 15) is 8.42 Å². The van der Waals surface area contributed by atoms with Gasteiger partial charge in [-0.3, -0.25) is 0 Å². The Bertz CT molecular complexity index is 820. The van der Waals surface area contributed by atoms with Crippen LogP contribution in [0.1, 0.15) is 27.4 Å². The third-order valence-electron chi connectivity index (χ3n) is 3.36. The molecule has 0 saturated carbocycles. The molecule has 0 bridgehead atoms. The number of aromatic nitrogens is 1. The number of hydrogen-bond acceptors (Lipinski definition) is 6. The first-order valence-corrected chi connectivity index (χ1v) is 11.0. The number of rotatable bonds is 7. The first-order chi connectivity index (χ1) is 11.8. The number of nitrogens with two attached hydrogens (primary N) is 1. The fourth-order valence-corrected chi connectivity index (χ4v) is 4.67. The van der Waals surface area contributed by atoms with Crippen LogP contribution in [0, 0.1) is 13.8 Å². The highest BCUT2D eigenvalue weighted by atomic mass is 32.2. The summed E-state index contributed by atoms with van der Waals surface area (Å²) < 4.78 is 22.8. The highest BCUT2D eigenvalue weighted by Crippen LogP contribution is 2.20. The summed E-state index contributed by atoms with van der Waals surface area (Å²) in [5.41, 5.74) is 1.09. The molecule has 0 spiro atoms. The molecule has 0 aliphatic carbocycles. The second-order valence-corrected chi connectivity index (χ2v) is 9.63. The van der Waals surface area contributed by atoms with Crippen molar-refractivity contribution in [1.29, 1.82) is 0 Å². The number of nitrogens with zero attached hydrogens (tertiary/aromatic N) is 2. The third kappa shape index (κ3) is 6.07. The van der Waals surface area contributed by atoms with Crippen LogP contribution in [-0.4, -0.2) is 32.5 Å². The fraction of sp³-hybridized carbons (Fsp3) is 0.467. The Labute approximate surface area is 156 Å². The molecule has 25 heavy (non-hydrogen) atoms. The Balaban J connectivity index is 1.92. The zero-order valence-electron chi connectivity index (χ0n) is 14.5. The minimum absolute atomic E-state index is 0.158. The van der Waals surface area contributed by atoms with Gasteiger partial charge in [-0.25, -0.2) is 23.5 Å². The second kappa shape index (κ2) is 8.75. The predicted molar refractivity (Wildman–Crippen MR) is 104 cm³/mol. The first kappa shape index (κ1) is 19.8. The summed E-state index contributed by atoms with van der Waals surface area (Å²) in [5, 5.41) is 12.7. The van der Waals surface area contributed by atoms with E-state index >= 15 is 0 Å². The lowest BCUT2D eigenvalue weighted by atomic mass is 10.4. The van der Waals surface area contributed by atoms with Crippen molar-refractivity contribution in [2.24, 2.45) is 10.1 Å². The lowest BCUT2D eigenvalue weighted by Gasteiger charge is -2.10. The van der Waals surface area contributed by atoms with E-state index in [0.717, 1.165) is 46.4 Å².